The Morgan fingerprint density at radius 1 is 0.655 bits per heavy atom. The van der Waals surface area contributed by atoms with E-state index in [0.29, 0.717) is 77.0 Å². The second kappa shape index (κ2) is 23.5. The minimum absolute atomic E-state index is 0.0107. The zero-order valence-electron chi connectivity index (χ0n) is 31.6. The Morgan fingerprint density at radius 2 is 1.05 bits per heavy atom. The molecular formula is C39H52N2O14. The van der Waals surface area contributed by atoms with Gasteiger partial charge in [0.15, 0.2) is 0 Å². The molecule has 16 nitrogen and oxygen atoms in total. The molecule has 2 aliphatic rings. The zero-order chi connectivity index (χ0) is 40.2. The normalized spacial score (nSPS) is 19.5. The van der Waals surface area contributed by atoms with Crippen molar-refractivity contribution in [3.05, 3.63) is 49.1 Å². The summed E-state index contributed by atoms with van der Waals surface area (Å²) < 4.78 is 32.0. The molecule has 16 heteroatoms. The maximum absolute atomic E-state index is 13.3. The molecule has 0 amide bonds. The van der Waals surface area contributed by atoms with Crippen molar-refractivity contribution in [3.8, 4) is 11.5 Å². The maximum atomic E-state index is 13.3. The van der Waals surface area contributed by atoms with E-state index in [2.05, 4.69) is 23.1 Å². The summed E-state index contributed by atoms with van der Waals surface area (Å²) in [6, 6.07) is 4.24. The monoisotopic (exact) mass is 772 g/mol. The number of nitrogens with zero attached hydrogens (tertiary/aromatic N) is 2. The van der Waals surface area contributed by atoms with Gasteiger partial charge in [-0.15, -0.1) is 5.10 Å². The van der Waals surface area contributed by atoms with Crippen molar-refractivity contribution in [2.75, 3.05) is 40.5 Å². The zero-order valence-corrected chi connectivity index (χ0v) is 31.6. The van der Waals surface area contributed by atoms with Gasteiger partial charge in [0.2, 0.25) is 0 Å². The number of carbonyl (C=O) groups excluding carboxylic acids is 6. The van der Waals surface area contributed by atoms with Crippen molar-refractivity contribution in [2.45, 2.75) is 77.0 Å². The van der Waals surface area contributed by atoms with Gasteiger partial charge in [-0.05, 0) is 95.2 Å². The van der Waals surface area contributed by atoms with Crippen LogP contribution in [0.2, 0.25) is 0 Å². The molecule has 0 bridgehead atoms. The van der Waals surface area contributed by atoms with Crippen molar-refractivity contribution >= 4 is 41.7 Å². The average Bonchev–Trinajstić information content (AvgIpc) is 3.19. The number of esters is 6. The third-order valence-corrected chi connectivity index (χ3v) is 9.16. The molecule has 0 aliphatic heterocycles. The predicted molar refractivity (Wildman–Crippen MR) is 195 cm³/mol. The summed E-state index contributed by atoms with van der Waals surface area (Å²) in [7, 11) is 3.18. The summed E-state index contributed by atoms with van der Waals surface area (Å²) in [5.74, 6) is -4.57. The Bertz CT molecular complexity index is 1520. The average molecular weight is 773 g/mol. The molecule has 0 atom stereocenters. The molecule has 2 saturated carbocycles. The van der Waals surface area contributed by atoms with Gasteiger partial charge in [0.25, 0.3) is 5.90 Å². The van der Waals surface area contributed by atoms with Crippen LogP contribution in [0.3, 0.4) is 0 Å². The van der Waals surface area contributed by atoms with Crippen LogP contribution < -0.4 is 9.47 Å². The standard InChI is InChI=1S/C39H52N2O14/c1-5-33(42)49-21-7-9-23-51-36(44)26-11-15-28(16-12-26)38(46)53-30-19-20-32(31(25-30)35(55-48)40-41(3)4)54-39(47)29-17-13-27(14-18-29)37(45)52-24-10-8-22-50-34(43)6-2/h5-6,19-20,25-29,48H,1-2,7-18,21-24H2,3-4H3/b40-35-. The summed E-state index contributed by atoms with van der Waals surface area (Å²) in [6.07, 6.45) is 7.74. The molecule has 55 heavy (non-hydrogen) atoms. The molecule has 3 rings (SSSR count). The van der Waals surface area contributed by atoms with Crippen molar-refractivity contribution in [1.82, 2.24) is 5.01 Å². The number of carbonyl (C=O) groups is 6. The van der Waals surface area contributed by atoms with E-state index < -0.39 is 35.7 Å². The molecule has 0 spiro atoms. The van der Waals surface area contributed by atoms with Crippen molar-refractivity contribution < 1.29 is 67.3 Å². The van der Waals surface area contributed by atoms with Crippen LogP contribution in [0, 0.1) is 23.7 Å². The first-order valence-corrected chi connectivity index (χ1v) is 18.5. The molecule has 1 N–H and O–H groups in total. The van der Waals surface area contributed by atoms with Gasteiger partial charge in [0, 0.05) is 26.2 Å². The fraction of sp³-hybridized carbons (Fsp3) is 0.564. The lowest BCUT2D eigenvalue weighted by molar-refractivity contribution is -0.155. The molecule has 0 heterocycles. The molecule has 0 saturated heterocycles. The fourth-order valence-corrected chi connectivity index (χ4v) is 6.11. The van der Waals surface area contributed by atoms with E-state index in [-0.39, 0.29) is 73.2 Å². The quantitative estimate of drug-likeness (QED) is 0.0215. The summed E-state index contributed by atoms with van der Waals surface area (Å²) >= 11 is 0. The van der Waals surface area contributed by atoms with Crippen molar-refractivity contribution in [2.24, 2.45) is 28.8 Å². The largest absolute Gasteiger partial charge is 0.465 e. The van der Waals surface area contributed by atoms with E-state index in [4.69, 9.17) is 28.4 Å². The molecule has 2 aliphatic carbocycles. The van der Waals surface area contributed by atoms with Crippen LogP contribution in [0.1, 0.15) is 82.6 Å². The molecule has 0 aromatic heterocycles. The van der Waals surface area contributed by atoms with Gasteiger partial charge < -0.3 is 33.3 Å². The van der Waals surface area contributed by atoms with Crippen LogP contribution in [0.4, 0.5) is 0 Å². The van der Waals surface area contributed by atoms with Crippen LogP contribution in [0.25, 0.3) is 0 Å². The number of ether oxygens (including phenoxy) is 6. The highest BCUT2D eigenvalue weighted by molar-refractivity contribution is 5.98. The minimum atomic E-state index is -0.543. The van der Waals surface area contributed by atoms with Gasteiger partial charge in [0.05, 0.1) is 55.7 Å². The number of hydrogen-bond donors (Lipinski definition) is 1. The summed E-state index contributed by atoms with van der Waals surface area (Å²) in [5, 5.41) is 15.2. The highest BCUT2D eigenvalue weighted by Gasteiger charge is 2.34. The van der Waals surface area contributed by atoms with E-state index in [0.717, 1.165) is 12.2 Å². The molecule has 0 radical (unpaired) electrons. The van der Waals surface area contributed by atoms with E-state index in [9.17, 15) is 34.0 Å². The SMILES string of the molecule is C=CC(=O)OCCCCOC(=O)C1CCC(C(=O)Oc2ccc(OC(=O)C3CCC(C(=O)OCCCCOC(=O)C=C)CC3)c(/C(=N/N(C)C)OO)c2)CC1. The topological polar surface area (TPSA) is 203 Å². The smallest absolute Gasteiger partial charge is 0.330 e. The number of hydrogen-bond acceptors (Lipinski definition) is 16. The van der Waals surface area contributed by atoms with Gasteiger partial charge in [0.1, 0.15) is 11.5 Å². The molecular weight excluding hydrogens is 720 g/mol. The third kappa shape index (κ3) is 15.2. The van der Waals surface area contributed by atoms with E-state index in [1.165, 1.54) is 23.2 Å². The van der Waals surface area contributed by atoms with Crippen molar-refractivity contribution in [1.29, 1.82) is 0 Å². The lowest BCUT2D eigenvalue weighted by Crippen LogP contribution is -2.30. The summed E-state index contributed by atoms with van der Waals surface area (Å²) in [5.41, 5.74) is 0.0525. The van der Waals surface area contributed by atoms with Gasteiger partial charge in [-0.25, -0.2) is 14.8 Å². The third-order valence-electron chi connectivity index (χ3n) is 9.16. The lowest BCUT2D eigenvalue weighted by atomic mass is 9.82. The Hall–Kier alpha value is -5.25. The maximum Gasteiger partial charge on any atom is 0.330 e. The Morgan fingerprint density at radius 3 is 1.45 bits per heavy atom. The Labute approximate surface area is 320 Å². The Kier molecular flexibility index (Phi) is 18.9. The molecule has 0 unspecified atom stereocenters. The first-order valence-electron chi connectivity index (χ1n) is 18.5. The number of hydrazone groups is 1. The first-order chi connectivity index (χ1) is 26.4. The van der Waals surface area contributed by atoms with Crippen LogP contribution in [0.5, 0.6) is 11.5 Å². The second-order valence-electron chi connectivity index (χ2n) is 13.4. The van der Waals surface area contributed by atoms with E-state index >= 15 is 0 Å². The molecule has 1 aromatic carbocycles. The van der Waals surface area contributed by atoms with Crippen LogP contribution in [-0.4, -0.2) is 92.5 Å². The van der Waals surface area contributed by atoms with Gasteiger partial charge in [-0.2, -0.15) is 0 Å². The number of benzene rings is 1. The molecule has 1 aromatic rings. The predicted octanol–water partition coefficient (Wildman–Crippen LogP) is 4.93. The van der Waals surface area contributed by atoms with Crippen LogP contribution >= 0.6 is 0 Å². The van der Waals surface area contributed by atoms with Gasteiger partial charge >= 0.3 is 35.8 Å². The number of unbranched alkanes of at least 4 members (excludes halogenated alkanes) is 2. The summed E-state index contributed by atoms with van der Waals surface area (Å²) in [4.78, 5) is 78.2. The summed E-state index contributed by atoms with van der Waals surface area (Å²) in [6.45, 7) is 7.49. The first kappa shape index (κ1) is 44.1. The molecule has 302 valence electrons. The lowest BCUT2D eigenvalue weighted by Gasteiger charge is -2.26. The fourth-order valence-electron chi connectivity index (χ4n) is 6.11. The Balaban J connectivity index is 1.51. The highest BCUT2D eigenvalue weighted by atomic mass is 17.1. The highest BCUT2D eigenvalue weighted by Crippen LogP contribution is 2.34. The number of rotatable bonds is 20. The van der Waals surface area contributed by atoms with Gasteiger partial charge in [-0.1, -0.05) is 13.2 Å². The van der Waals surface area contributed by atoms with Crippen LogP contribution in [-0.2, 0) is 52.6 Å². The van der Waals surface area contributed by atoms with E-state index in [1.807, 2.05) is 0 Å². The minimum Gasteiger partial charge on any atom is -0.465 e. The molecule has 2 fully saturated rings. The second-order valence-corrected chi connectivity index (χ2v) is 13.4. The van der Waals surface area contributed by atoms with Crippen molar-refractivity contribution in [3.63, 3.8) is 0 Å². The van der Waals surface area contributed by atoms with Crippen LogP contribution in [0.15, 0.2) is 48.6 Å². The van der Waals surface area contributed by atoms with Gasteiger partial charge in [-0.3, -0.25) is 24.2 Å². The van der Waals surface area contributed by atoms with E-state index in [1.54, 1.807) is 14.1 Å².